The van der Waals surface area contributed by atoms with Gasteiger partial charge in [-0.05, 0) is 54.1 Å². The number of rotatable bonds is 8. The van der Waals surface area contributed by atoms with Gasteiger partial charge in [-0.25, -0.2) is 4.79 Å². The number of nitrogens with zero attached hydrogens (tertiary/aromatic N) is 1. The van der Waals surface area contributed by atoms with Gasteiger partial charge in [0.2, 0.25) is 0 Å². The summed E-state index contributed by atoms with van der Waals surface area (Å²) in [5, 5.41) is 23.1. The zero-order valence-corrected chi connectivity index (χ0v) is 19.8. The van der Waals surface area contributed by atoms with E-state index in [0.717, 1.165) is 5.56 Å². The van der Waals surface area contributed by atoms with Crippen LogP contribution in [0.3, 0.4) is 0 Å². The Morgan fingerprint density at radius 2 is 1.36 bits per heavy atom. The van der Waals surface area contributed by atoms with Crippen LogP contribution >= 0.6 is 11.6 Å². The highest BCUT2D eigenvalue weighted by atomic mass is 35.5. The molecule has 1 unspecified atom stereocenters. The van der Waals surface area contributed by atoms with E-state index in [1.54, 1.807) is 66.7 Å². The van der Waals surface area contributed by atoms with Gasteiger partial charge in [0.25, 0.3) is 5.69 Å². The molecule has 0 aliphatic rings. The van der Waals surface area contributed by atoms with E-state index >= 15 is 0 Å². The summed E-state index contributed by atoms with van der Waals surface area (Å²) in [5.41, 5.74) is 2.61. The maximum Gasteiger partial charge on any atom is 0.335 e. The SMILES string of the molecule is O=C(CC(Nc1ccc([N+](=O)[O-])cc1)c1ccccc1)c1ccc(Cl)cc1.O=C(O)c1ccccc1. The number of benzene rings is 4. The Hall–Kier alpha value is -4.49. The van der Waals surface area contributed by atoms with Crippen molar-refractivity contribution in [3.05, 3.63) is 141 Å². The molecule has 8 heteroatoms. The van der Waals surface area contributed by atoms with Crippen LogP contribution in [0.25, 0.3) is 0 Å². The van der Waals surface area contributed by atoms with Crippen LogP contribution in [-0.2, 0) is 0 Å². The molecule has 0 spiro atoms. The number of hydrogen-bond acceptors (Lipinski definition) is 5. The zero-order valence-electron chi connectivity index (χ0n) is 19.1. The monoisotopic (exact) mass is 502 g/mol. The van der Waals surface area contributed by atoms with Crippen LogP contribution in [0.15, 0.2) is 109 Å². The molecule has 36 heavy (non-hydrogen) atoms. The number of hydrogen-bond donors (Lipinski definition) is 2. The number of nitro benzene ring substituents is 1. The topological polar surface area (TPSA) is 110 Å². The van der Waals surface area contributed by atoms with Crippen molar-refractivity contribution in [3.8, 4) is 0 Å². The predicted octanol–water partition coefficient (Wildman–Crippen LogP) is 7.06. The molecular formula is C28H23ClN2O5. The average Bonchev–Trinajstić information content (AvgIpc) is 2.90. The van der Waals surface area contributed by atoms with E-state index in [1.807, 2.05) is 30.3 Å². The summed E-state index contributed by atoms with van der Waals surface area (Å²) in [4.78, 5) is 33.3. The quantitative estimate of drug-likeness (QED) is 0.152. The lowest BCUT2D eigenvalue weighted by molar-refractivity contribution is -0.384. The highest BCUT2D eigenvalue weighted by Gasteiger charge is 2.18. The minimum atomic E-state index is -0.879. The molecule has 7 nitrogen and oxygen atoms in total. The van der Waals surface area contributed by atoms with Gasteiger partial charge >= 0.3 is 5.97 Å². The lowest BCUT2D eigenvalue weighted by atomic mass is 9.97. The number of nitrogens with one attached hydrogen (secondary N) is 1. The Bertz CT molecular complexity index is 1300. The number of ketones is 1. The number of carbonyl (C=O) groups excluding carboxylic acids is 1. The number of halogens is 1. The number of carbonyl (C=O) groups is 2. The number of carboxylic acids is 1. The van der Waals surface area contributed by atoms with Crippen LogP contribution in [0, 0.1) is 10.1 Å². The van der Waals surface area contributed by atoms with E-state index in [9.17, 15) is 19.7 Å². The summed E-state index contributed by atoms with van der Waals surface area (Å²) in [5.74, 6) is -0.898. The minimum Gasteiger partial charge on any atom is -0.478 e. The third kappa shape index (κ3) is 7.78. The Morgan fingerprint density at radius 1 is 0.806 bits per heavy atom. The summed E-state index contributed by atoms with van der Waals surface area (Å²) in [6, 6.07) is 30.6. The van der Waals surface area contributed by atoms with Crippen molar-refractivity contribution in [2.24, 2.45) is 0 Å². The van der Waals surface area contributed by atoms with Gasteiger partial charge in [-0.3, -0.25) is 14.9 Å². The highest BCUT2D eigenvalue weighted by Crippen LogP contribution is 2.26. The molecule has 182 valence electrons. The molecule has 4 aromatic carbocycles. The van der Waals surface area contributed by atoms with Crippen LogP contribution in [0.4, 0.5) is 11.4 Å². The largest absolute Gasteiger partial charge is 0.478 e. The van der Waals surface area contributed by atoms with Crippen molar-refractivity contribution in [1.82, 2.24) is 0 Å². The van der Waals surface area contributed by atoms with Crippen molar-refractivity contribution in [3.63, 3.8) is 0 Å². The molecule has 0 heterocycles. The fourth-order valence-electron chi connectivity index (χ4n) is 3.34. The molecule has 4 aromatic rings. The summed E-state index contributed by atoms with van der Waals surface area (Å²) in [6.45, 7) is 0. The van der Waals surface area contributed by atoms with E-state index in [2.05, 4.69) is 5.32 Å². The Balaban J connectivity index is 0.000000338. The Kier molecular flexibility index (Phi) is 9.31. The van der Waals surface area contributed by atoms with Crippen LogP contribution < -0.4 is 5.32 Å². The normalized spacial score (nSPS) is 10.9. The highest BCUT2D eigenvalue weighted by molar-refractivity contribution is 6.30. The molecule has 0 bridgehead atoms. The van der Waals surface area contributed by atoms with E-state index in [4.69, 9.17) is 16.7 Å². The third-order valence-corrected chi connectivity index (χ3v) is 5.45. The van der Waals surface area contributed by atoms with Gasteiger partial charge in [0.15, 0.2) is 5.78 Å². The second-order valence-electron chi connectivity index (χ2n) is 7.72. The predicted molar refractivity (Wildman–Crippen MR) is 140 cm³/mol. The number of carboxylic acid groups (broad SMARTS) is 1. The lowest BCUT2D eigenvalue weighted by Crippen LogP contribution is -2.15. The summed E-state index contributed by atoms with van der Waals surface area (Å²) in [6.07, 6.45) is 0.239. The van der Waals surface area contributed by atoms with Crippen LogP contribution in [0.5, 0.6) is 0 Å². The standard InChI is InChI=1S/C21H17ClN2O3.C7H6O2/c22-17-8-6-16(7-9-17)21(25)14-20(15-4-2-1-3-5-15)23-18-10-12-19(13-11-18)24(26)27;8-7(9)6-4-2-1-3-5-6/h1-13,20,23H,14H2;1-5H,(H,8,9). The summed E-state index contributed by atoms with van der Waals surface area (Å²) in [7, 11) is 0. The number of non-ortho nitro benzene ring substituents is 1. The molecule has 0 radical (unpaired) electrons. The maximum absolute atomic E-state index is 12.7. The number of anilines is 1. The lowest BCUT2D eigenvalue weighted by Gasteiger charge is -2.20. The molecule has 0 amide bonds. The van der Waals surface area contributed by atoms with E-state index in [0.29, 0.717) is 21.8 Å². The van der Waals surface area contributed by atoms with Gasteiger partial charge in [-0.1, -0.05) is 60.1 Å². The zero-order chi connectivity index (χ0) is 25.9. The van der Waals surface area contributed by atoms with Gasteiger partial charge in [0.05, 0.1) is 16.5 Å². The molecule has 1 atom stereocenters. The maximum atomic E-state index is 12.7. The number of Topliss-reactive ketones (excluding diaryl/α,β-unsaturated/α-hetero) is 1. The van der Waals surface area contributed by atoms with Gasteiger partial charge in [-0.15, -0.1) is 0 Å². The molecular weight excluding hydrogens is 480 g/mol. The van der Waals surface area contributed by atoms with Gasteiger partial charge in [0.1, 0.15) is 0 Å². The third-order valence-electron chi connectivity index (χ3n) is 5.20. The first-order chi connectivity index (χ1) is 17.3. The Labute approximate surface area is 213 Å². The molecule has 0 fully saturated rings. The molecule has 4 rings (SSSR count). The average molecular weight is 503 g/mol. The molecule has 0 aliphatic carbocycles. The number of nitro groups is 1. The molecule has 0 aromatic heterocycles. The molecule has 2 N–H and O–H groups in total. The summed E-state index contributed by atoms with van der Waals surface area (Å²) >= 11 is 5.89. The van der Waals surface area contributed by atoms with Gasteiger partial charge in [-0.2, -0.15) is 0 Å². The van der Waals surface area contributed by atoms with Crippen LogP contribution in [-0.4, -0.2) is 21.8 Å². The summed E-state index contributed by atoms with van der Waals surface area (Å²) < 4.78 is 0. The first-order valence-corrected chi connectivity index (χ1v) is 11.3. The number of aromatic carboxylic acids is 1. The van der Waals surface area contributed by atoms with Crippen molar-refractivity contribution in [2.75, 3.05) is 5.32 Å². The second-order valence-corrected chi connectivity index (χ2v) is 8.15. The molecule has 0 saturated carbocycles. The molecule has 0 saturated heterocycles. The van der Waals surface area contributed by atoms with Crippen LogP contribution in [0.2, 0.25) is 5.02 Å². The van der Waals surface area contributed by atoms with Crippen molar-refractivity contribution in [2.45, 2.75) is 12.5 Å². The Morgan fingerprint density at radius 3 is 1.86 bits per heavy atom. The van der Waals surface area contributed by atoms with Gasteiger partial charge < -0.3 is 10.4 Å². The van der Waals surface area contributed by atoms with Gasteiger partial charge in [0, 0.05) is 34.8 Å². The molecule has 0 aliphatic heterocycles. The first-order valence-electron chi connectivity index (χ1n) is 11.0. The minimum absolute atomic E-state index is 0.0186. The fourth-order valence-corrected chi connectivity index (χ4v) is 3.46. The smallest absolute Gasteiger partial charge is 0.335 e. The van der Waals surface area contributed by atoms with Crippen molar-refractivity contribution < 1.29 is 19.6 Å². The van der Waals surface area contributed by atoms with Crippen molar-refractivity contribution >= 4 is 34.7 Å². The fraction of sp³-hybridized carbons (Fsp3) is 0.0714. The van der Waals surface area contributed by atoms with E-state index in [-0.39, 0.29) is 23.9 Å². The first kappa shape index (κ1) is 26.1. The van der Waals surface area contributed by atoms with E-state index in [1.165, 1.54) is 12.1 Å². The second kappa shape index (κ2) is 12.8. The van der Waals surface area contributed by atoms with Crippen LogP contribution in [0.1, 0.15) is 38.7 Å². The van der Waals surface area contributed by atoms with Crippen molar-refractivity contribution in [1.29, 1.82) is 0 Å². The van der Waals surface area contributed by atoms with E-state index < -0.39 is 10.9 Å².